The highest BCUT2D eigenvalue weighted by atomic mass is 35.5. The minimum absolute atomic E-state index is 0.395. The molecule has 0 aliphatic carbocycles. The van der Waals surface area contributed by atoms with Crippen LogP contribution in [0.3, 0.4) is 0 Å². The maximum absolute atomic E-state index is 10.5. The van der Waals surface area contributed by atoms with Gasteiger partial charge in [0.05, 0.1) is 10.0 Å². The van der Waals surface area contributed by atoms with Crippen LogP contribution in [-0.4, -0.2) is 11.1 Å². The van der Waals surface area contributed by atoms with Gasteiger partial charge in [-0.15, -0.1) is 0 Å². The Morgan fingerprint density at radius 3 is 2.50 bits per heavy atom. The quantitative estimate of drug-likeness (QED) is 0.818. The van der Waals surface area contributed by atoms with Crippen LogP contribution in [0, 0.1) is 0 Å². The summed E-state index contributed by atoms with van der Waals surface area (Å²) in [6, 6.07) is 12.1. The summed E-state index contributed by atoms with van der Waals surface area (Å²) < 4.78 is 5.61. The van der Waals surface area contributed by atoms with Crippen molar-refractivity contribution in [1.29, 1.82) is 0 Å². The molecule has 1 N–H and O–H groups in total. The number of carboxylic acids is 1. The van der Waals surface area contributed by atoms with E-state index in [9.17, 15) is 4.79 Å². The SMILES string of the molecule is O=C(O)/C=C/c1ccc(Oc2ccccc2Cl)cc1Cl. The predicted octanol–water partition coefficient (Wildman–Crippen LogP) is 4.88. The van der Waals surface area contributed by atoms with Gasteiger partial charge < -0.3 is 9.84 Å². The van der Waals surface area contributed by atoms with Crippen LogP contribution < -0.4 is 4.74 Å². The Balaban J connectivity index is 2.21. The first-order valence-electron chi connectivity index (χ1n) is 5.69. The van der Waals surface area contributed by atoms with E-state index in [1.165, 1.54) is 6.08 Å². The van der Waals surface area contributed by atoms with Crippen molar-refractivity contribution in [1.82, 2.24) is 0 Å². The number of hydrogen-bond acceptors (Lipinski definition) is 2. The number of benzene rings is 2. The van der Waals surface area contributed by atoms with Crippen molar-refractivity contribution in [2.45, 2.75) is 0 Å². The first-order valence-corrected chi connectivity index (χ1v) is 6.45. The van der Waals surface area contributed by atoms with Gasteiger partial charge in [0.1, 0.15) is 11.5 Å². The maximum Gasteiger partial charge on any atom is 0.328 e. The third-order valence-corrected chi connectivity index (χ3v) is 3.08. The molecule has 0 fully saturated rings. The summed E-state index contributed by atoms with van der Waals surface area (Å²) in [4.78, 5) is 10.5. The lowest BCUT2D eigenvalue weighted by Crippen LogP contribution is -1.88. The number of aliphatic carboxylic acids is 1. The van der Waals surface area contributed by atoms with Gasteiger partial charge in [0.15, 0.2) is 0 Å². The summed E-state index contributed by atoms with van der Waals surface area (Å²) >= 11 is 12.1. The average Bonchev–Trinajstić information content (AvgIpc) is 2.40. The summed E-state index contributed by atoms with van der Waals surface area (Å²) in [6.07, 6.45) is 2.44. The second-order valence-corrected chi connectivity index (χ2v) is 4.70. The fraction of sp³-hybridized carbons (Fsp3) is 0. The van der Waals surface area contributed by atoms with E-state index in [0.29, 0.717) is 27.1 Å². The number of carboxylic acid groups (broad SMARTS) is 1. The van der Waals surface area contributed by atoms with E-state index in [1.807, 2.05) is 12.1 Å². The molecule has 2 aromatic carbocycles. The largest absolute Gasteiger partial charge is 0.478 e. The first kappa shape index (κ1) is 14.4. The summed E-state index contributed by atoms with van der Waals surface area (Å²) in [5.74, 6) is 0.0205. The van der Waals surface area contributed by atoms with Crippen molar-refractivity contribution in [3.63, 3.8) is 0 Å². The molecule has 2 aromatic rings. The Morgan fingerprint density at radius 2 is 1.85 bits per heavy atom. The van der Waals surface area contributed by atoms with Gasteiger partial charge in [0, 0.05) is 6.08 Å². The van der Waals surface area contributed by atoms with E-state index < -0.39 is 5.97 Å². The molecule has 0 aliphatic rings. The highest BCUT2D eigenvalue weighted by molar-refractivity contribution is 6.32. The predicted molar refractivity (Wildman–Crippen MR) is 79.6 cm³/mol. The van der Waals surface area contributed by atoms with Crippen molar-refractivity contribution in [2.75, 3.05) is 0 Å². The minimum Gasteiger partial charge on any atom is -0.478 e. The second-order valence-electron chi connectivity index (χ2n) is 3.89. The molecular weight excluding hydrogens is 299 g/mol. The summed E-state index contributed by atoms with van der Waals surface area (Å²) in [6.45, 7) is 0. The van der Waals surface area contributed by atoms with Gasteiger partial charge in [-0.05, 0) is 42.0 Å². The number of para-hydroxylation sites is 1. The number of carbonyl (C=O) groups is 1. The topological polar surface area (TPSA) is 46.5 Å². The van der Waals surface area contributed by atoms with Crippen LogP contribution >= 0.6 is 23.2 Å². The van der Waals surface area contributed by atoms with Gasteiger partial charge in [-0.1, -0.05) is 35.3 Å². The fourth-order valence-electron chi connectivity index (χ4n) is 1.52. The molecule has 0 spiro atoms. The highest BCUT2D eigenvalue weighted by Gasteiger charge is 2.04. The van der Waals surface area contributed by atoms with Gasteiger partial charge in [-0.2, -0.15) is 0 Å². The van der Waals surface area contributed by atoms with E-state index in [-0.39, 0.29) is 0 Å². The normalized spacial score (nSPS) is 10.7. The van der Waals surface area contributed by atoms with Crippen molar-refractivity contribution in [3.05, 3.63) is 64.1 Å². The zero-order valence-electron chi connectivity index (χ0n) is 10.2. The van der Waals surface area contributed by atoms with E-state index >= 15 is 0 Å². The van der Waals surface area contributed by atoms with Crippen LogP contribution in [0.4, 0.5) is 0 Å². The second kappa shape index (κ2) is 6.46. The molecule has 102 valence electrons. The molecule has 0 saturated heterocycles. The molecule has 0 aliphatic heterocycles. The van der Waals surface area contributed by atoms with Gasteiger partial charge in [0.25, 0.3) is 0 Å². The molecule has 0 radical (unpaired) electrons. The van der Waals surface area contributed by atoms with Crippen LogP contribution in [0.2, 0.25) is 10.0 Å². The molecule has 0 saturated carbocycles. The zero-order chi connectivity index (χ0) is 14.5. The van der Waals surface area contributed by atoms with Crippen LogP contribution in [0.15, 0.2) is 48.5 Å². The Kier molecular flexibility index (Phi) is 4.66. The molecular formula is C15H10Cl2O3. The zero-order valence-corrected chi connectivity index (χ0v) is 11.7. The van der Waals surface area contributed by atoms with E-state index in [1.54, 1.807) is 30.3 Å². The van der Waals surface area contributed by atoms with Gasteiger partial charge in [-0.3, -0.25) is 0 Å². The van der Waals surface area contributed by atoms with Gasteiger partial charge in [-0.25, -0.2) is 4.79 Å². The number of halogens is 2. The van der Waals surface area contributed by atoms with Gasteiger partial charge >= 0.3 is 5.97 Å². The van der Waals surface area contributed by atoms with Crippen LogP contribution in [0.1, 0.15) is 5.56 Å². The van der Waals surface area contributed by atoms with Crippen molar-refractivity contribution >= 4 is 35.2 Å². The Hall–Kier alpha value is -1.97. The van der Waals surface area contributed by atoms with Crippen LogP contribution in [0.5, 0.6) is 11.5 Å². The summed E-state index contributed by atoms with van der Waals surface area (Å²) in [7, 11) is 0. The smallest absolute Gasteiger partial charge is 0.328 e. The monoisotopic (exact) mass is 308 g/mol. The number of rotatable bonds is 4. The molecule has 0 aromatic heterocycles. The lowest BCUT2D eigenvalue weighted by molar-refractivity contribution is -0.131. The molecule has 0 atom stereocenters. The number of hydrogen-bond donors (Lipinski definition) is 1. The fourth-order valence-corrected chi connectivity index (χ4v) is 1.93. The Morgan fingerprint density at radius 1 is 1.10 bits per heavy atom. The lowest BCUT2D eigenvalue weighted by Gasteiger charge is -2.08. The third kappa shape index (κ3) is 3.76. The van der Waals surface area contributed by atoms with Gasteiger partial charge in [0.2, 0.25) is 0 Å². The summed E-state index contributed by atoms with van der Waals surface area (Å²) in [5.41, 5.74) is 0.598. The van der Waals surface area contributed by atoms with E-state index in [2.05, 4.69) is 0 Å². The molecule has 0 bridgehead atoms. The molecule has 20 heavy (non-hydrogen) atoms. The van der Waals surface area contributed by atoms with Crippen molar-refractivity contribution in [2.24, 2.45) is 0 Å². The van der Waals surface area contributed by atoms with Crippen molar-refractivity contribution < 1.29 is 14.6 Å². The maximum atomic E-state index is 10.5. The minimum atomic E-state index is -1.03. The first-order chi connectivity index (χ1) is 9.56. The molecule has 0 heterocycles. The molecule has 5 heteroatoms. The molecule has 3 nitrogen and oxygen atoms in total. The molecule has 0 unspecified atom stereocenters. The molecule has 0 amide bonds. The van der Waals surface area contributed by atoms with Crippen molar-refractivity contribution in [3.8, 4) is 11.5 Å². The summed E-state index contributed by atoms with van der Waals surface area (Å²) in [5, 5.41) is 9.47. The van der Waals surface area contributed by atoms with Crippen LogP contribution in [0.25, 0.3) is 6.08 Å². The molecule has 2 rings (SSSR count). The Labute approximate surface area is 126 Å². The standard InChI is InChI=1S/C15H10Cl2O3/c16-12-3-1-2-4-14(12)20-11-7-5-10(13(17)9-11)6-8-15(18)19/h1-9H,(H,18,19)/b8-6+. The Bertz CT molecular complexity index is 666. The lowest BCUT2D eigenvalue weighted by atomic mass is 10.2. The van der Waals surface area contributed by atoms with Crippen LogP contribution in [-0.2, 0) is 4.79 Å². The van der Waals surface area contributed by atoms with E-state index in [0.717, 1.165) is 6.08 Å². The average molecular weight is 309 g/mol. The number of ether oxygens (including phenoxy) is 1. The third-order valence-electron chi connectivity index (χ3n) is 2.44. The van der Waals surface area contributed by atoms with E-state index in [4.69, 9.17) is 33.0 Å². The highest BCUT2D eigenvalue weighted by Crippen LogP contribution is 2.31.